The normalized spacial score (nSPS) is 10.4. The third kappa shape index (κ3) is 5.55. The molecule has 0 aromatic carbocycles. The Hall–Kier alpha value is -0.490. The zero-order valence-corrected chi connectivity index (χ0v) is 11.8. The molecule has 1 rings (SSSR count). The molecule has 0 bridgehead atoms. The summed E-state index contributed by atoms with van der Waals surface area (Å²) in [6, 6.07) is 1.68. The van der Waals surface area contributed by atoms with Gasteiger partial charge in [-0.2, -0.15) is 16.7 Å². The Morgan fingerprint density at radius 3 is 2.88 bits per heavy atom. The molecular weight excluding hydrogens is 288 g/mol. The van der Waals surface area contributed by atoms with Crippen LogP contribution in [0.15, 0.2) is 10.7 Å². The number of nitrogens with zero attached hydrogens (tertiary/aromatic N) is 2. The molecule has 0 saturated heterocycles. The van der Waals surface area contributed by atoms with Crippen LogP contribution in [0.1, 0.15) is 19.3 Å². The summed E-state index contributed by atoms with van der Waals surface area (Å²) in [4.78, 5) is 8.27. The van der Waals surface area contributed by atoms with Gasteiger partial charge in [0.05, 0.1) is 0 Å². The van der Waals surface area contributed by atoms with Crippen molar-refractivity contribution in [2.45, 2.75) is 19.3 Å². The molecule has 1 aromatic heterocycles. The van der Waals surface area contributed by atoms with E-state index in [0.717, 1.165) is 13.0 Å². The molecule has 0 unspecified atom stereocenters. The number of aromatic nitrogens is 2. The number of halogens is 1. The minimum atomic E-state index is 0.478. The van der Waals surface area contributed by atoms with Crippen LogP contribution in [0.5, 0.6) is 0 Å². The summed E-state index contributed by atoms with van der Waals surface area (Å²) in [5, 5.41) is 3.16. The van der Waals surface area contributed by atoms with Crippen LogP contribution in [0.4, 0.5) is 11.8 Å². The SMILES string of the molecule is CSCCCCCNc1nc(N)cc(Br)n1. The maximum atomic E-state index is 5.61. The summed E-state index contributed by atoms with van der Waals surface area (Å²) in [7, 11) is 0. The van der Waals surface area contributed by atoms with Crippen molar-refractivity contribution in [2.75, 3.05) is 29.6 Å². The standard InChI is InChI=1S/C10H17BrN4S/c1-16-6-4-2-3-5-13-10-14-8(11)7-9(12)15-10/h7H,2-6H2,1H3,(H3,12,13,14,15). The van der Waals surface area contributed by atoms with Gasteiger partial charge in [-0.3, -0.25) is 0 Å². The third-order valence-corrected chi connectivity index (χ3v) is 3.13. The molecule has 4 nitrogen and oxygen atoms in total. The average Bonchev–Trinajstić information content (AvgIpc) is 2.22. The number of unbranched alkanes of at least 4 members (excludes halogenated alkanes) is 2. The van der Waals surface area contributed by atoms with Gasteiger partial charge in [-0.15, -0.1) is 0 Å². The van der Waals surface area contributed by atoms with E-state index in [-0.39, 0.29) is 0 Å². The summed E-state index contributed by atoms with van der Waals surface area (Å²) < 4.78 is 0.713. The number of nitrogens with one attached hydrogen (secondary N) is 1. The first-order valence-electron chi connectivity index (χ1n) is 5.25. The Morgan fingerprint density at radius 1 is 1.38 bits per heavy atom. The van der Waals surface area contributed by atoms with Gasteiger partial charge >= 0.3 is 0 Å². The third-order valence-electron chi connectivity index (χ3n) is 2.02. The van der Waals surface area contributed by atoms with Gasteiger partial charge in [-0.25, -0.2) is 4.98 Å². The minimum Gasteiger partial charge on any atom is -0.383 e. The molecule has 6 heteroatoms. The monoisotopic (exact) mass is 304 g/mol. The molecular formula is C10H17BrN4S. The lowest BCUT2D eigenvalue weighted by Gasteiger charge is -2.05. The van der Waals surface area contributed by atoms with Crippen LogP contribution in [0.25, 0.3) is 0 Å². The van der Waals surface area contributed by atoms with E-state index in [0.29, 0.717) is 16.4 Å². The maximum Gasteiger partial charge on any atom is 0.225 e. The number of thioether (sulfide) groups is 1. The minimum absolute atomic E-state index is 0.478. The van der Waals surface area contributed by atoms with Crippen molar-refractivity contribution in [1.82, 2.24) is 9.97 Å². The van der Waals surface area contributed by atoms with Gasteiger partial charge in [0, 0.05) is 12.6 Å². The van der Waals surface area contributed by atoms with Gasteiger partial charge in [0.2, 0.25) is 5.95 Å². The van der Waals surface area contributed by atoms with E-state index < -0.39 is 0 Å². The molecule has 0 radical (unpaired) electrons. The molecule has 1 aromatic rings. The van der Waals surface area contributed by atoms with Crippen molar-refractivity contribution in [3.63, 3.8) is 0 Å². The fourth-order valence-electron chi connectivity index (χ4n) is 1.26. The second-order valence-corrected chi connectivity index (χ2v) is 5.22. The van der Waals surface area contributed by atoms with Crippen LogP contribution in [0.2, 0.25) is 0 Å². The second-order valence-electron chi connectivity index (χ2n) is 3.42. The smallest absolute Gasteiger partial charge is 0.225 e. The molecule has 0 saturated carbocycles. The highest BCUT2D eigenvalue weighted by Crippen LogP contribution is 2.12. The molecule has 0 atom stereocenters. The summed E-state index contributed by atoms with van der Waals surface area (Å²) in [5.41, 5.74) is 5.61. The molecule has 3 N–H and O–H groups in total. The first-order chi connectivity index (χ1) is 7.72. The van der Waals surface area contributed by atoms with E-state index >= 15 is 0 Å². The Balaban J connectivity index is 2.21. The van der Waals surface area contributed by atoms with E-state index in [1.54, 1.807) is 6.07 Å². The van der Waals surface area contributed by atoms with Gasteiger partial charge in [-0.1, -0.05) is 6.42 Å². The summed E-state index contributed by atoms with van der Waals surface area (Å²) >= 11 is 5.17. The number of nitrogen functional groups attached to an aromatic ring is 1. The van der Waals surface area contributed by atoms with Gasteiger partial charge in [0.1, 0.15) is 10.4 Å². The molecule has 0 aliphatic rings. The number of rotatable bonds is 7. The molecule has 0 spiro atoms. The molecule has 0 amide bonds. The van der Waals surface area contributed by atoms with Crippen LogP contribution in [-0.2, 0) is 0 Å². The summed E-state index contributed by atoms with van der Waals surface area (Å²) in [5.74, 6) is 2.31. The van der Waals surface area contributed by atoms with Crippen molar-refractivity contribution >= 4 is 39.5 Å². The van der Waals surface area contributed by atoms with Crippen molar-refractivity contribution < 1.29 is 0 Å². The Labute approximate surface area is 109 Å². The molecule has 16 heavy (non-hydrogen) atoms. The van der Waals surface area contributed by atoms with Gasteiger partial charge in [0.15, 0.2) is 0 Å². The van der Waals surface area contributed by atoms with E-state index in [9.17, 15) is 0 Å². The Bertz CT molecular complexity index is 301. The van der Waals surface area contributed by atoms with Gasteiger partial charge in [-0.05, 0) is 40.8 Å². The van der Waals surface area contributed by atoms with Crippen LogP contribution in [0, 0.1) is 0 Å². The number of nitrogens with two attached hydrogens (primary N) is 1. The molecule has 0 fully saturated rings. The quantitative estimate of drug-likeness (QED) is 0.599. The molecule has 0 aliphatic carbocycles. The highest BCUT2D eigenvalue weighted by molar-refractivity contribution is 9.10. The average molecular weight is 305 g/mol. The topological polar surface area (TPSA) is 63.8 Å². The van der Waals surface area contributed by atoms with Gasteiger partial charge < -0.3 is 11.1 Å². The molecule has 90 valence electrons. The van der Waals surface area contributed by atoms with E-state index in [4.69, 9.17) is 5.73 Å². The zero-order chi connectivity index (χ0) is 11.8. The first-order valence-corrected chi connectivity index (χ1v) is 7.44. The number of anilines is 2. The lowest BCUT2D eigenvalue weighted by Crippen LogP contribution is -2.07. The van der Waals surface area contributed by atoms with E-state index in [2.05, 4.69) is 37.5 Å². The lowest BCUT2D eigenvalue weighted by molar-refractivity contribution is 0.746. The van der Waals surface area contributed by atoms with Crippen molar-refractivity contribution in [2.24, 2.45) is 0 Å². The number of hydrogen-bond donors (Lipinski definition) is 2. The van der Waals surface area contributed by atoms with Crippen molar-refractivity contribution in [3.8, 4) is 0 Å². The Kier molecular flexibility index (Phi) is 6.56. The predicted octanol–water partition coefficient (Wildman–Crippen LogP) is 2.77. The molecule has 0 aliphatic heterocycles. The van der Waals surface area contributed by atoms with E-state index in [1.807, 2.05) is 11.8 Å². The van der Waals surface area contributed by atoms with Crippen molar-refractivity contribution in [1.29, 1.82) is 0 Å². The lowest BCUT2D eigenvalue weighted by atomic mass is 10.2. The highest BCUT2D eigenvalue weighted by atomic mass is 79.9. The highest BCUT2D eigenvalue weighted by Gasteiger charge is 1.99. The Morgan fingerprint density at radius 2 is 2.19 bits per heavy atom. The maximum absolute atomic E-state index is 5.61. The fourth-order valence-corrected chi connectivity index (χ4v) is 2.16. The van der Waals surface area contributed by atoms with Gasteiger partial charge in [0.25, 0.3) is 0 Å². The molecule has 1 heterocycles. The summed E-state index contributed by atoms with van der Waals surface area (Å²) in [6.07, 6.45) is 5.77. The van der Waals surface area contributed by atoms with Crippen molar-refractivity contribution in [3.05, 3.63) is 10.7 Å². The fraction of sp³-hybridized carbons (Fsp3) is 0.600. The summed E-state index contributed by atoms with van der Waals surface area (Å²) in [6.45, 7) is 0.893. The zero-order valence-electron chi connectivity index (χ0n) is 9.37. The largest absolute Gasteiger partial charge is 0.383 e. The second kappa shape index (κ2) is 7.73. The van der Waals surface area contributed by atoms with Crippen LogP contribution < -0.4 is 11.1 Å². The first kappa shape index (κ1) is 13.6. The predicted molar refractivity (Wildman–Crippen MR) is 74.9 cm³/mol. The number of hydrogen-bond acceptors (Lipinski definition) is 5. The van der Waals surface area contributed by atoms with E-state index in [1.165, 1.54) is 18.6 Å². The van der Waals surface area contributed by atoms with Crippen LogP contribution in [-0.4, -0.2) is 28.5 Å². The van der Waals surface area contributed by atoms with Crippen LogP contribution >= 0.6 is 27.7 Å². The van der Waals surface area contributed by atoms with Crippen LogP contribution in [0.3, 0.4) is 0 Å².